The molecule has 1 aromatic carbocycles. The van der Waals surface area contributed by atoms with Crippen molar-refractivity contribution in [3.8, 4) is 0 Å². The number of benzene rings is 1. The Morgan fingerprint density at radius 2 is 2.36 bits per heavy atom. The molecule has 0 unspecified atom stereocenters. The first kappa shape index (κ1) is 9.34. The number of rotatable bonds is 2. The molecule has 2 N–H and O–H groups in total. The predicted octanol–water partition coefficient (Wildman–Crippen LogP) is 1.63. The van der Waals surface area contributed by atoms with Crippen molar-refractivity contribution >= 4 is 11.4 Å². The molecule has 1 aromatic rings. The Balaban J connectivity index is 2.30. The lowest BCUT2D eigenvalue weighted by molar-refractivity contribution is 0.196. The van der Waals surface area contributed by atoms with Crippen molar-refractivity contribution in [3.63, 3.8) is 0 Å². The van der Waals surface area contributed by atoms with E-state index in [1.807, 2.05) is 6.07 Å². The normalized spacial score (nSPS) is 15.4. The van der Waals surface area contributed by atoms with Crippen molar-refractivity contribution in [1.29, 1.82) is 0 Å². The topological polar surface area (TPSA) is 38.5 Å². The van der Waals surface area contributed by atoms with Gasteiger partial charge in [-0.2, -0.15) is 0 Å². The van der Waals surface area contributed by atoms with Gasteiger partial charge in [0, 0.05) is 25.0 Å². The molecular formula is C11H16N2O. The van der Waals surface area contributed by atoms with Crippen molar-refractivity contribution in [2.75, 3.05) is 31.0 Å². The first-order valence-corrected chi connectivity index (χ1v) is 4.93. The molecule has 0 saturated carbocycles. The maximum atomic E-state index is 5.75. The summed E-state index contributed by atoms with van der Waals surface area (Å²) in [7, 11) is 1.73. The zero-order valence-corrected chi connectivity index (χ0v) is 8.49. The van der Waals surface area contributed by atoms with Crippen molar-refractivity contribution in [1.82, 2.24) is 0 Å². The van der Waals surface area contributed by atoms with Gasteiger partial charge in [-0.15, -0.1) is 0 Å². The Labute approximate surface area is 84.5 Å². The van der Waals surface area contributed by atoms with Crippen molar-refractivity contribution in [2.45, 2.75) is 12.8 Å². The van der Waals surface area contributed by atoms with Gasteiger partial charge >= 0.3 is 0 Å². The van der Waals surface area contributed by atoms with E-state index in [2.05, 4.69) is 17.0 Å². The third kappa shape index (κ3) is 1.68. The van der Waals surface area contributed by atoms with Crippen LogP contribution in [0.15, 0.2) is 18.2 Å². The molecule has 0 bridgehead atoms. The number of ether oxygens (including phenoxy) is 1. The molecule has 0 saturated heterocycles. The zero-order valence-electron chi connectivity index (χ0n) is 8.49. The second-order valence-corrected chi connectivity index (χ2v) is 3.67. The minimum absolute atomic E-state index is 0.664. The highest BCUT2D eigenvalue weighted by molar-refractivity contribution is 5.60. The van der Waals surface area contributed by atoms with Crippen molar-refractivity contribution in [3.05, 3.63) is 23.8 Å². The minimum Gasteiger partial charge on any atom is -0.399 e. The van der Waals surface area contributed by atoms with E-state index in [1.54, 1.807) is 7.11 Å². The fourth-order valence-corrected chi connectivity index (χ4v) is 1.98. The van der Waals surface area contributed by atoms with E-state index in [9.17, 15) is 0 Å². The van der Waals surface area contributed by atoms with Gasteiger partial charge in [0.15, 0.2) is 0 Å². The van der Waals surface area contributed by atoms with E-state index in [4.69, 9.17) is 10.5 Å². The molecule has 0 atom stereocenters. The lowest BCUT2D eigenvalue weighted by atomic mass is 10.0. The van der Waals surface area contributed by atoms with Crippen LogP contribution in [0.25, 0.3) is 0 Å². The van der Waals surface area contributed by atoms with E-state index >= 15 is 0 Å². The van der Waals surface area contributed by atoms with Crippen LogP contribution in [0.3, 0.4) is 0 Å². The monoisotopic (exact) mass is 192 g/mol. The summed E-state index contributed by atoms with van der Waals surface area (Å²) in [4.78, 5) is 2.25. The number of aryl methyl sites for hydroxylation is 1. The maximum absolute atomic E-state index is 5.75. The smallest absolute Gasteiger partial charge is 0.118 e. The fraction of sp³-hybridized carbons (Fsp3) is 0.455. The Bertz CT molecular complexity index is 325. The molecule has 0 spiro atoms. The third-order valence-electron chi connectivity index (χ3n) is 2.60. The van der Waals surface area contributed by atoms with Gasteiger partial charge in [-0.1, -0.05) is 0 Å². The second-order valence-electron chi connectivity index (χ2n) is 3.67. The number of nitrogens with two attached hydrogens (primary N) is 1. The molecule has 0 fully saturated rings. The molecule has 76 valence electrons. The summed E-state index contributed by atoms with van der Waals surface area (Å²) >= 11 is 0. The highest BCUT2D eigenvalue weighted by Crippen LogP contribution is 2.28. The summed E-state index contributed by atoms with van der Waals surface area (Å²) in [5, 5.41) is 0. The third-order valence-corrected chi connectivity index (χ3v) is 2.60. The molecule has 0 radical (unpaired) electrons. The van der Waals surface area contributed by atoms with Crippen LogP contribution in [-0.2, 0) is 11.2 Å². The second kappa shape index (κ2) is 3.88. The maximum Gasteiger partial charge on any atom is 0.118 e. The Kier molecular flexibility index (Phi) is 2.59. The van der Waals surface area contributed by atoms with Crippen molar-refractivity contribution in [2.24, 2.45) is 0 Å². The molecule has 1 heterocycles. The summed E-state index contributed by atoms with van der Waals surface area (Å²) in [5.74, 6) is 0. The minimum atomic E-state index is 0.664. The largest absolute Gasteiger partial charge is 0.399 e. The van der Waals surface area contributed by atoms with Crippen molar-refractivity contribution < 1.29 is 4.74 Å². The number of nitrogens with zero attached hydrogens (tertiary/aromatic N) is 1. The van der Waals surface area contributed by atoms with E-state index in [1.165, 1.54) is 17.7 Å². The molecule has 0 aliphatic carbocycles. The molecule has 2 rings (SSSR count). The fourth-order valence-electron chi connectivity index (χ4n) is 1.98. The Morgan fingerprint density at radius 3 is 3.14 bits per heavy atom. The molecule has 3 heteroatoms. The number of fused-ring (bicyclic) bond motifs is 1. The molecule has 14 heavy (non-hydrogen) atoms. The van der Waals surface area contributed by atoms with Crippen LogP contribution in [0.1, 0.15) is 12.0 Å². The lowest BCUT2D eigenvalue weighted by Crippen LogP contribution is -2.31. The number of nitrogen functional groups attached to an aromatic ring is 1. The van der Waals surface area contributed by atoms with Gasteiger partial charge in [-0.25, -0.2) is 0 Å². The van der Waals surface area contributed by atoms with Gasteiger partial charge in [0.2, 0.25) is 0 Å². The Morgan fingerprint density at radius 1 is 1.50 bits per heavy atom. The van der Waals surface area contributed by atoms with Crippen LogP contribution in [-0.4, -0.2) is 20.4 Å². The molecule has 1 aliphatic rings. The first-order valence-electron chi connectivity index (χ1n) is 4.93. The summed E-state index contributed by atoms with van der Waals surface area (Å²) in [5.41, 5.74) is 9.21. The number of methoxy groups -OCH3 is 1. The zero-order chi connectivity index (χ0) is 9.97. The summed E-state index contributed by atoms with van der Waals surface area (Å²) in [6, 6.07) is 6.10. The lowest BCUT2D eigenvalue weighted by Gasteiger charge is -2.30. The van der Waals surface area contributed by atoms with E-state index < -0.39 is 0 Å². The average Bonchev–Trinajstić information content (AvgIpc) is 2.18. The number of anilines is 2. The molecular weight excluding hydrogens is 176 g/mol. The van der Waals surface area contributed by atoms with Crippen LogP contribution in [0.2, 0.25) is 0 Å². The van der Waals surface area contributed by atoms with Crippen LogP contribution in [0.4, 0.5) is 11.4 Å². The van der Waals surface area contributed by atoms with E-state index in [0.29, 0.717) is 6.73 Å². The van der Waals surface area contributed by atoms with Gasteiger partial charge in [0.25, 0.3) is 0 Å². The molecule has 3 nitrogen and oxygen atoms in total. The van der Waals surface area contributed by atoms with Gasteiger partial charge < -0.3 is 15.4 Å². The average molecular weight is 192 g/mol. The Hall–Kier alpha value is -1.22. The predicted molar refractivity (Wildman–Crippen MR) is 58.4 cm³/mol. The van der Waals surface area contributed by atoms with E-state index in [-0.39, 0.29) is 0 Å². The van der Waals surface area contributed by atoms with Crippen LogP contribution in [0.5, 0.6) is 0 Å². The molecule has 1 aliphatic heterocycles. The molecule has 0 amide bonds. The van der Waals surface area contributed by atoms with E-state index in [0.717, 1.165) is 18.7 Å². The summed E-state index contributed by atoms with van der Waals surface area (Å²) < 4.78 is 5.16. The van der Waals surface area contributed by atoms with Crippen LogP contribution in [0, 0.1) is 0 Å². The van der Waals surface area contributed by atoms with Gasteiger partial charge in [0.05, 0.1) is 0 Å². The quantitative estimate of drug-likeness (QED) is 0.724. The number of hydrogen-bond donors (Lipinski definition) is 1. The van der Waals surface area contributed by atoms with Crippen LogP contribution < -0.4 is 10.6 Å². The van der Waals surface area contributed by atoms with Gasteiger partial charge in [-0.05, 0) is 36.6 Å². The SMILES string of the molecule is COCN1CCCc2cc(N)ccc21. The highest BCUT2D eigenvalue weighted by atomic mass is 16.5. The van der Waals surface area contributed by atoms with Gasteiger partial charge in [-0.3, -0.25) is 0 Å². The van der Waals surface area contributed by atoms with Crippen LogP contribution >= 0.6 is 0 Å². The number of hydrogen-bond acceptors (Lipinski definition) is 3. The highest BCUT2D eigenvalue weighted by Gasteiger charge is 2.15. The summed E-state index contributed by atoms with van der Waals surface area (Å²) in [6.45, 7) is 1.74. The molecule has 0 aromatic heterocycles. The standard InChI is InChI=1S/C11H16N2O/c1-14-8-13-6-2-3-9-7-10(12)4-5-11(9)13/h4-5,7H,2-3,6,8,12H2,1H3. The summed E-state index contributed by atoms with van der Waals surface area (Å²) in [6.07, 6.45) is 2.31. The van der Waals surface area contributed by atoms with Gasteiger partial charge in [0.1, 0.15) is 6.73 Å². The first-order chi connectivity index (χ1) is 6.81.